The molecule has 5 nitrogen and oxygen atoms in total. The number of thiazole rings is 1. The van der Waals surface area contributed by atoms with Gasteiger partial charge in [0.05, 0.1) is 12.2 Å². The number of hydrogen-bond donors (Lipinski definition) is 2. The Hall–Kier alpha value is -2.28. The topological polar surface area (TPSA) is 71.1 Å². The van der Waals surface area contributed by atoms with E-state index in [-0.39, 0.29) is 12.5 Å². The normalized spacial score (nSPS) is 14.9. The highest BCUT2D eigenvalue weighted by atomic mass is 32.1. The third-order valence-electron chi connectivity index (χ3n) is 4.31. The molecule has 0 atom stereocenters. The molecule has 0 spiro atoms. The Morgan fingerprint density at radius 2 is 1.88 bits per heavy atom. The van der Waals surface area contributed by atoms with Gasteiger partial charge in [-0.15, -0.1) is 11.3 Å². The molecule has 1 aliphatic carbocycles. The molecular formula is C18H20FN3O2S. The van der Waals surface area contributed by atoms with Gasteiger partial charge in [0.2, 0.25) is 5.91 Å². The number of aromatic nitrogens is 1. The molecule has 0 radical (unpaired) electrons. The standard InChI is InChI=1S/C18H20FN3O2S/c19-14-8-6-13(7-9-14)17(24)20-10-16(23)22-18-21-15(11-25-18)12-4-2-1-3-5-12/h6-9,11-12H,1-5,10H2,(H,20,24)(H,21,22,23). The van der Waals surface area contributed by atoms with Crippen LogP contribution in [0.5, 0.6) is 0 Å². The Morgan fingerprint density at radius 3 is 2.60 bits per heavy atom. The summed E-state index contributed by atoms with van der Waals surface area (Å²) in [5.41, 5.74) is 1.36. The van der Waals surface area contributed by atoms with Crippen LogP contribution in [0.15, 0.2) is 29.6 Å². The van der Waals surface area contributed by atoms with E-state index in [9.17, 15) is 14.0 Å². The smallest absolute Gasteiger partial charge is 0.251 e. The Balaban J connectivity index is 1.48. The van der Waals surface area contributed by atoms with E-state index in [4.69, 9.17) is 0 Å². The fraction of sp³-hybridized carbons (Fsp3) is 0.389. The molecule has 1 fully saturated rings. The Kier molecular flexibility index (Phi) is 5.75. The van der Waals surface area contributed by atoms with E-state index < -0.39 is 11.7 Å². The highest BCUT2D eigenvalue weighted by Crippen LogP contribution is 2.33. The maximum Gasteiger partial charge on any atom is 0.251 e. The summed E-state index contributed by atoms with van der Waals surface area (Å²) >= 11 is 1.41. The van der Waals surface area contributed by atoms with E-state index in [1.807, 2.05) is 5.38 Å². The van der Waals surface area contributed by atoms with Crippen LogP contribution >= 0.6 is 11.3 Å². The number of nitrogens with zero attached hydrogens (tertiary/aromatic N) is 1. The molecule has 1 aromatic heterocycles. The summed E-state index contributed by atoms with van der Waals surface area (Å²) in [7, 11) is 0. The number of halogens is 1. The molecule has 3 rings (SSSR count). The minimum Gasteiger partial charge on any atom is -0.343 e. The van der Waals surface area contributed by atoms with E-state index in [2.05, 4.69) is 15.6 Å². The van der Waals surface area contributed by atoms with Crippen molar-refractivity contribution in [2.24, 2.45) is 0 Å². The number of carbonyl (C=O) groups excluding carboxylic acids is 2. The molecule has 1 aromatic carbocycles. The molecular weight excluding hydrogens is 341 g/mol. The van der Waals surface area contributed by atoms with Crippen LogP contribution in [0.25, 0.3) is 0 Å². The van der Waals surface area contributed by atoms with Crippen molar-refractivity contribution in [3.8, 4) is 0 Å². The summed E-state index contributed by atoms with van der Waals surface area (Å²) < 4.78 is 12.8. The summed E-state index contributed by atoms with van der Waals surface area (Å²) in [4.78, 5) is 28.4. The third kappa shape index (κ3) is 4.85. The quantitative estimate of drug-likeness (QED) is 0.853. The van der Waals surface area contributed by atoms with Crippen LogP contribution < -0.4 is 10.6 Å². The van der Waals surface area contributed by atoms with Crippen LogP contribution in [0.4, 0.5) is 9.52 Å². The molecule has 132 valence electrons. The monoisotopic (exact) mass is 361 g/mol. The van der Waals surface area contributed by atoms with Gasteiger partial charge in [0.1, 0.15) is 5.82 Å². The van der Waals surface area contributed by atoms with Crippen LogP contribution in [0.2, 0.25) is 0 Å². The van der Waals surface area contributed by atoms with Crippen molar-refractivity contribution >= 4 is 28.3 Å². The first-order valence-electron chi connectivity index (χ1n) is 8.41. The highest BCUT2D eigenvalue weighted by Gasteiger charge is 2.18. The minimum absolute atomic E-state index is 0.158. The van der Waals surface area contributed by atoms with Crippen molar-refractivity contribution in [3.63, 3.8) is 0 Å². The predicted octanol–water partition coefficient (Wildman–Crippen LogP) is 3.70. The zero-order valence-electron chi connectivity index (χ0n) is 13.8. The first-order chi connectivity index (χ1) is 12.1. The van der Waals surface area contributed by atoms with E-state index in [0.717, 1.165) is 18.5 Å². The van der Waals surface area contributed by atoms with Crippen molar-refractivity contribution in [1.82, 2.24) is 10.3 Å². The van der Waals surface area contributed by atoms with Gasteiger partial charge in [0.25, 0.3) is 5.91 Å². The van der Waals surface area contributed by atoms with Crippen LogP contribution in [-0.2, 0) is 4.79 Å². The summed E-state index contributed by atoms with van der Waals surface area (Å²) in [6, 6.07) is 5.16. The lowest BCUT2D eigenvalue weighted by Crippen LogP contribution is -2.32. The maximum absolute atomic E-state index is 12.8. The van der Waals surface area contributed by atoms with Crippen LogP contribution in [0.1, 0.15) is 54.1 Å². The summed E-state index contributed by atoms with van der Waals surface area (Å²) in [6.45, 7) is -0.158. The number of anilines is 1. The third-order valence-corrected chi connectivity index (χ3v) is 5.08. The van der Waals surface area contributed by atoms with Crippen molar-refractivity contribution in [2.75, 3.05) is 11.9 Å². The van der Waals surface area contributed by atoms with Crippen LogP contribution in [0, 0.1) is 5.82 Å². The fourth-order valence-electron chi connectivity index (χ4n) is 2.96. The Bertz CT molecular complexity index is 739. The molecule has 1 aliphatic rings. The lowest BCUT2D eigenvalue weighted by molar-refractivity contribution is -0.115. The molecule has 1 heterocycles. The van der Waals surface area contributed by atoms with Gasteiger partial charge < -0.3 is 10.6 Å². The zero-order valence-corrected chi connectivity index (χ0v) is 14.6. The van der Waals surface area contributed by atoms with Crippen LogP contribution in [-0.4, -0.2) is 23.3 Å². The first kappa shape index (κ1) is 17.5. The molecule has 0 aliphatic heterocycles. The van der Waals surface area contributed by atoms with E-state index in [0.29, 0.717) is 16.6 Å². The number of hydrogen-bond acceptors (Lipinski definition) is 4. The average Bonchev–Trinajstić information content (AvgIpc) is 3.09. The summed E-state index contributed by atoms with van der Waals surface area (Å²) in [6.07, 6.45) is 6.08. The maximum atomic E-state index is 12.8. The second-order valence-electron chi connectivity index (χ2n) is 6.15. The molecule has 2 N–H and O–H groups in total. The molecule has 0 unspecified atom stereocenters. The predicted molar refractivity (Wildman–Crippen MR) is 95.3 cm³/mol. The molecule has 25 heavy (non-hydrogen) atoms. The van der Waals surface area contributed by atoms with E-state index in [1.54, 1.807) is 0 Å². The zero-order chi connectivity index (χ0) is 17.6. The number of benzene rings is 1. The van der Waals surface area contributed by atoms with Crippen LogP contribution in [0.3, 0.4) is 0 Å². The first-order valence-corrected chi connectivity index (χ1v) is 9.29. The highest BCUT2D eigenvalue weighted by molar-refractivity contribution is 7.13. The second kappa shape index (κ2) is 8.20. The van der Waals surface area contributed by atoms with Gasteiger partial charge in [-0.3, -0.25) is 9.59 Å². The molecule has 0 bridgehead atoms. The van der Waals surface area contributed by atoms with Crippen molar-refractivity contribution < 1.29 is 14.0 Å². The van der Waals surface area contributed by atoms with Crippen molar-refractivity contribution in [1.29, 1.82) is 0 Å². The van der Waals surface area contributed by atoms with Gasteiger partial charge in [-0.2, -0.15) is 0 Å². The molecule has 2 amide bonds. The van der Waals surface area contributed by atoms with Crippen molar-refractivity contribution in [2.45, 2.75) is 38.0 Å². The lowest BCUT2D eigenvalue weighted by atomic mass is 9.87. The molecule has 7 heteroatoms. The van der Waals surface area contributed by atoms with Gasteiger partial charge >= 0.3 is 0 Å². The lowest BCUT2D eigenvalue weighted by Gasteiger charge is -2.19. The number of nitrogens with one attached hydrogen (secondary N) is 2. The largest absolute Gasteiger partial charge is 0.343 e. The number of rotatable bonds is 5. The second-order valence-corrected chi connectivity index (χ2v) is 7.01. The van der Waals surface area contributed by atoms with Gasteiger partial charge in [-0.1, -0.05) is 19.3 Å². The van der Waals surface area contributed by atoms with Crippen molar-refractivity contribution in [3.05, 3.63) is 46.7 Å². The average molecular weight is 361 g/mol. The van der Waals surface area contributed by atoms with Gasteiger partial charge in [-0.25, -0.2) is 9.37 Å². The number of amides is 2. The van der Waals surface area contributed by atoms with Gasteiger partial charge in [0.15, 0.2) is 5.13 Å². The molecule has 0 saturated heterocycles. The Labute approximate surface area is 149 Å². The van der Waals surface area contributed by atoms with Gasteiger partial charge in [0, 0.05) is 16.9 Å². The molecule has 2 aromatic rings. The summed E-state index contributed by atoms with van der Waals surface area (Å²) in [5.74, 6) is -0.669. The minimum atomic E-state index is -0.419. The van der Waals surface area contributed by atoms with E-state index in [1.165, 1.54) is 54.9 Å². The number of carbonyl (C=O) groups is 2. The Morgan fingerprint density at radius 1 is 1.16 bits per heavy atom. The summed E-state index contributed by atoms with van der Waals surface area (Å²) in [5, 5.41) is 7.78. The fourth-order valence-corrected chi connectivity index (χ4v) is 3.77. The molecule has 1 saturated carbocycles. The van der Waals surface area contributed by atoms with E-state index >= 15 is 0 Å². The van der Waals surface area contributed by atoms with Gasteiger partial charge in [-0.05, 0) is 37.1 Å². The SMILES string of the molecule is O=C(CNC(=O)c1ccc(F)cc1)Nc1nc(C2CCCCC2)cs1.